The van der Waals surface area contributed by atoms with E-state index < -0.39 is 54.2 Å². The molecule has 1 aliphatic heterocycles. The van der Waals surface area contributed by atoms with Gasteiger partial charge >= 0.3 is 12.4 Å². The molecule has 1 aromatic carbocycles. The van der Waals surface area contributed by atoms with Gasteiger partial charge < -0.3 is 13.9 Å². The Morgan fingerprint density at radius 3 is 2.42 bits per heavy atom. The minimum atomic E-state index is -4.96. The number of ether oxygens (including phenoxy) is 2. The zero-order valence-electron chi connectivity index (χ0n) is 18.4. The lowest BCUT2D eigenvalue weighted by molar-refractivity contribution is -0.299. The van der Waals surface area contributed by atoms with Crippen molar-refractivity contribution in [2.24, 2.45) is 0 Å². The summed E-state index contributed by atoms with van der Waals surface area (Å²) in [4.78, 5) is 3.84. The molecule has 192 valence electrons. The molecule has 3 aromatic rings. The second-order valence-electron chi connectivity index (χ2n) is 7.83. The zero-order valence-corrected chi connectivity index (χ0v) is 20.0. The molecule has 0 radical (unpaired) electrons. The van der Waals surface area contributed by atoms with Crippen LogP contribution in [0.1, 0.15) is 36.3 Å². The summed E-state index contributed by atoms with van der Waals surface area (Å²) in [5, 5.41) is 7.25. The van der Waals surface area contributed by atoms with Gasteiger partial charge in [0.05, 0.1) is 13.2 Å². The predicted molar refractivity (Wildman–Crippen MR) is 118 cm³/mol. The van der Waals surface area contributed by atoms with E-state index in [1.165, 1.54) is 12.2 Å². The van der Waals surface area contributed by atoms with Crippen molar-refractivity contribution in [1.29, 1.82) is 0 Å². The molecule has 3 heterocycles. The number of hydrogen-bond donors (Lipinski definition) is 0. The maximum Gasteiger partial charge on any atom is 0.426 e. The Kier molecular flexibility index (Phi) is 7.41. The molecule has 36 heavy (non-hydrogen) atoms. The molecular formula is C23H18BrF6N3O3. The number of halogens is 7. The average molecular weight is 578 g/mol. The summed E-state index contributed by atoms with van der Waals surface area (Å²) in [6.07, 6.45) is -7.30. The molecule has 0 saturated carbocycles. The van der Waals surface area contributed by atoms with Crippen molar-refractivity contribution >= 4 is 15.9 Å². The number of hydrogen-bond acceptors (Lipinski definition) is 6. The highest BCUT2D eigenvalue weighted by molar-refractivity contribution is 9.10. The number of nitrogens with zero attached hydrogens (tertiary/aromatic N) is 3. The van der Waals surface area contributed by atoms with Crippen LogP contribution in [-0.4, -0.2) is 28.0 Å². The molecule has 1 atom stereocenters. The average Bonchev–Trinajstić information content (AvgIpc) is 3.30. The third-order valence-electron chi connectivity index (χ3n) is 5.36. The largest absolute Gasteiger partial charge is 0.477 e. The Balaban J connectivity index is 1.83. The minimum absolute atomic E-state index is 0.0902. The summed E-state index contributed by atoms with van der Waals surface area (Å²) >= 11 is 2.97. The van der Waals surface area contributed by atoms with Gasteiger partial charge in [0, 0.05) is 4.47 Å². The topological polar surface area (TPSA) is 70.3 Å². The van der Waals surface area contributed by atoms with Crippen molar-refractivity contribution in [1.82, 2.24) is 15.2 Å². The molecule has 0 saturated heterocycles. The van der Waals surface area contributed by atoms with Crippen LogP contribution in [0.5, 0.6) is 5.88 Å². The lowest BCUT2D eigenvalue weighted by atomic mass is 9.95. The van der Waals surface area contributed by atoms with Crippen molar-refractivity contribution in [3.8, 4) is 17.5 Å². The first kappa shape index (κ1) is 26.1. The molecule has 13 heteroatoms. The van der Waals surface area contributed by atoms with Crippen molar-refractivity contribution < 1.29 is 40.2 Å². The van der Waals surface area contributed by atoms with Crippen LogP contribution >= 0.6 is 15.9 Å². The van der Waals surface area contributed by atoms with Crippen LogP contribution in [0.15, 0.2) is 57.4 Å². The lowest BCUT2D eigenvalue weighted by Crippen LogP contribution is -2.45. The van der Waals surface area contributed by atoms with Crippen LogP contribution in [0.2, 0.25) is 0 Å². The highest BCUT2D eigenvalue weighted by Crippen LogP contribution is 2.47. The van der Waals surface area contributed by atoms with E-state index in [9.17, 15) is 26.3 Å². The second-order valence-corrected chi connectivity index (χ2v) is 8.68. The molecule has 0 amide bonds. The van der Waals surface area contributed by atoms with E-state index >= 15 is 0 Å². The molecule has 1 unspecified atom stereocenters. The van der Waals surface area contributed by atoms with E-state index in [4.69, 9.17) is 13.9 Å². The van der Waals surface area contributed by atoms with Gasteiger partial charge in [0.2, 0.25) is 11.5 Å². The summed E-state index contributed by atoms with van der Waals surface area (Å²) in [5.74, 6) is -2.17. The molecule has 2 aromatic heterocycles. The standard InChI is InChI=1S/C23H18BrF6N3O3/c24-16-12-15(22(25,26)27)18-31-17(16)19-32-33-20(36-19)21(23(28,29)30,10-6-1-2-7-11-34-18)35-13-14-8-4-3-5-9-14/h1-5,8-9,12H,6-7,10-11,13H2/b2-1-. The molecule has 0 spiro atoms. The quantitative estimate of drug-likeness (QED) is 0.246. The molecule has 0 aliphatic carbocycles. The Hall–Kier alpha value is -2.93. The number of allylic oxidation sites excluding steroid dienone is 1. The summed E-state index contributed by atoms with van der Waals surface area (Å²) in [7, 11) is 0. The van der Waals surface area contributed by atoms with Crippen LogP contribution in [0.25, 0.3) is 11.6 Å². The summed E-state index contributed by atoms with van der Waals surface area (Å²) < 4.78 is 100. The number of pyridine rings is 1. The minimum Gasteiger partial charge on any atom is -0.477 e. The van der Waals surface area contributed by atoms with Crippen molar-refractivity contribution in [2.75, 3.05) is 6.61 Å². The molecular weight excluding hydrogens is 560 g/mol. The van der Waals surface area contributed by atoms with Gasteiger partial charge in [-0.1, -0.05) is 42.5 Å². The van der Waals surface area contributed by atoms with Crippen LogP contribution in [0.4, 0.5) is 26.3 Å². The first-order valence-corrected chi connectivity index (χ1v) is 11.4. The number of aromatic nitrogens is 3. The maximum atomic E-state index is 14.6. The normalized spacial score (nSPS) is 19.9. The Morgan fingerprint density at radius 1 is 1.00 bits per heavy atom. The van der Waals surface area contributed by atoms with Crippen LogP contribution < -0.4 is 4.74 Å². The third kappa shape index (κ3) is 5.41. The fourth-order valence-electron chi connectivity index (χ4n) is 3.53. The maximum absolute atomic E-state index is 14.6. The third-order valence-corrected chi connectivity index (χ3v) is 5.96. The molecule has 4 bridgehead atoms. The Bertz CT molecular complexity index is 1230. The number of alkyl halides is 6. The fourth-order valence-corrected chi connectivity index (χ4v) is 4.02. The second kappa shape index (κ2) is 10.2. The highest BCUT2D eigenvalue weighted by atomic mass is 79.9. The van der Waals surface area contributed by atoms with Crippen molar-refractivity contribution in [3.63, 3.8) is 0 Å². The summed E-state index contributed by atoms with van der Waals surface area (Å²) in [6, 6.07) is 8.95. The highest BCUT2D eigenvalue weighted by Gasteiger charge is 2.61. The Morgan fingerprint density at radius 2 is 1.72 bits per heavy atom. The summed E-state index contributed by atoms with van der Waals surface area (Å²) in [6.45, 7) is -0.584. The smallest absolute Gasteiger partial charge is 0.426 e. The van der Waals surface area contributed by atoms with E-state index in [0.717, 1.165) is 0 Å². The summed E-state index contributed by atoms with van der Waals surface area (Å²) in [5.41, 5.74) is -3.95. The van der Waals surface area contributed by atoms with E-state index in [1.54, 1.807) is 30.3 Å². The molecule has 0 N–H and O–H groups in total. The molecule has 4 rings (SSSR count). The van der Waals surface area contributed by atoms with E-state index in [0.29, 0.717) is 11.6 Å². The van der Waals surface area contributed by atoms with E-state index in [-0.39, 0.29) is 29.6 Å². The van der Waals surface area contributed by atoms with Crippen LogP contribution in [0.3, 0.4) is 0 Å². The van der Waals surface area contributed by atoms with Gasteiger partial charge in [0.15, 0.2) is 0 Å². The van der Waals surface area contributed by atoms with Gasteiger partial charge in [-0.05, 0) is 46.8 Å². The molecule has 6 nitrogen and oxygen atoms in total. The van der Waals surface area contributed by atoms with Crippen molar-refractivity contribution in [3.05, 3.63) is 70.0 Å². The van der Waals surface area contributed by atoms with Gasteiger partial charge in [0.25, 0.3) is 11.8 Å². The SMILES string of the molecule is FC(F)(F)c1cc(Br)c2nc1OCC/C=C\CCC(OCc1ccccc1)(C(F)(F)F)c1nnc-2o1. The number of benzene rings is 1. The first-order valence-electron chi connectivity index (χ1n) is 10.7. The van der Waals surface area contributed by atoms with Crippen LogP contribution in [0, 0.1) is 0 Å². The lowest BCUT2D eigenvalue weighted by Gasteiger charge is -2.32. The monoisotopic (exact) mass is 577 g/mol. The van der Waals surface area contributed by atoms with Crippen LogP contribution in [-0.2, 0) is 23.1 Å². The number of rotatable bonds is 3. The number of fused-ring (bicyclic) bond motifs is 5. The zero-order chi connectivity index (χ0) is 26.0. The van der Waals surface area contributed by atoms with Gasteiger partial charge in [-0.25, -0.2) is 4.98 Å². The molecule has 1 aliphatic rings. The van der Waals surface area contributed by atoms with Gasteiger partial charge in [0.1, 0.15) is 11.3 Å². The van der Waals surface area contributed by atoms with Gasteiger partial charge in [-0.3, -0.25) is 0 Å². The van der Waals surface area contributed by atoms with E-state index in [2.05, 4.69) is 31.1 Å². The molecule has 0 fully saturated rings. The van der Waals surface area contributed by atoms with E-state index in [1.807, 2.05) is 0 Å². The Labute approximate surface area is 209 Å². The fraction of sp³-hybridized carbons (Fsp3) is 0.348. The van der Waals surface area contributed by atoms with Gasteiger partial charge in [-0.15, -0.1) is 10.2 Å². The predicted octanol–water partition coefficient (Wildman–Crippen LogP) is 7.01. The van der Waals surface area contributed by atoms with Gasteiger partial charge in [-0.2, -0.15) is 26.3 Å². The first-order chi connectivity index (χ1) is 17.0. The van der Waals surface area contributed by atoms with Crippen molar-refractivity contribution in [2.45, 2.75) is 43.8 Å².